The van der Waals surface area contributed by atoms with E-state index >= 15 is 0 Å². The second-order valence-electron chi connectivity index (χ2n) is 13.6. The van der Waals surface area contributed by atoms with E-state index in [1.807, 2.05) is 30.3 Å². The average molecular weight is 677 g/mol. The molecular formula is C43H41ClN6. The van der Waals surface area contributed by atoms with Crippen LogP contribution in [0.3, 0.4) is 0 Å². The minimum Gasteiger partial charge on any atom is -0.324 e. The molecule has 1 unspecified atom stereocenters. The number of nitrogens with zero attached hydrogens (tertiary/aromatic N) is 3. The van der Waals surface area contributed by atoms with Gasteiger partial charge >= 0.3 is 0 Å². The molecule has 1 atom stereocenters. The van der Waals surface area contributed by atoms with Gasteiger partial charge in [-0.15, -0.1) is 11.6 Å². The molecule has 50 heavy (non-hydrogen) atoms. The quantitative estimate of drug-likeness (QED) is 0.125. The average Bonchev–Trinajstić information content (AvgIpc) is 3.45. The Bertz CT molecular complexity index is 2150. The Morgan fingerprint density at radius 2 is 1.18 bits per heavy atom. The van der Waals surface area contributed by atoms with E-state index in [4.69, 9.17) is 32.3 Å². The number of aromatic nitrogens is 3. The summed E-state index contributed by atoms with van der Waals surface area (Å²) in [5.41, 5.74) is 17.9. The topological polar surface area (TPSA) is 88.8 Å². The van der Waals surface area contributed by atoms with Crippen molar-refractivity contribution in [2.45, 2.75) is 62.3 Å². The van der Waals surface area contributed by atoms with Gasteiger partial charge in [0.15, 0.2) is 5.82 Å². The molecular weight excluding hydrogens is 636 g/mol. The van der Waals surface area contributed by atoms with Crippen LogP contribution in [0.15, 0.2) is 121 Å². The van der Waals surface area contributed by atoms with Crippen molar-refractivity contribution in [1.29, 1.82) is 0 Å². The van der Waals surface area contributed by atoms with Crippen LogP contribution >= 0.6 is 11.6 Å². The zero-order chi connectivity index (χ0) is 34.5. The lowest BCUT2D eigenvalue weighted by molar-refractivity contribution is 0.370. The van der Waals surface area contributed by atoms with Crippen molar-refractivity contribution in [3.63, 3.8) is 0 Å². The molecule has 0 bridgehead atoms. The predicted octanol–water partition coefficient (Wildman–Crippen LogP) is 10.1. The van der Waals surface area contributed by atoms with Crippen LogP contribution in [-0.2, 0) is 22.2 Å². The van der Waals surface area contributed by atoms with Crippen molar-refractivity contribution in [1.82, 2.24) is 15.0 Å². The fraction of sp³-hybridized carbons (Fsp3) is 0.233. The largest absolute Gasteiger partial charge is 0.324 e. The van der Waals surface area contributed by atoms with E-state index in [0.29, 0.717) is 30.6 Å². The van der Waals surface area contributed by atoms with Crippen molar-refractivity contribution in [3.05, 3.63) is 161 Å². The van der Waals surface area contributed by atoms with E-state index < -0.39 is 10.3 Å². The standard InChI is InChI=1S/C43H41ClN6/c1-4-41(44,5-2)38-48-39(46-31-14-8-7-9-15-31)50-40(49-38)47-32-23-20-29(21-24-32)43(30-22-25-35-28(26-30)27-42(35,45)6-3)36-18-12-10-16-33(36)34-17-11-13-19-37(34)43/h7-26H,4-6,27,45H2,1-3H3,(H2,46,47,48,49,50). The molecule has 6 nitrogen and oxygen atoms in total. The Balaban J connectivity index is 1.22. The van der Waals surface area contributed by atoms with Crippen LogP contribution in [0.4, 0.5) is 23.3 Å². The molecule has 0 spiro atoms. The number of anilines is 4. The molecule has 5 aromatic carbocycles. The molecule has 2 aliphatic rings. The first-order valence-electron chi connectivity index (χ1n) is 17.6. The van der Waals surface area contributed by atoms with Gasteiger partial charge in [0.25, 0.3) is 0 Å². The van der Waals surface area contributed by atoms with Gasteiger partial charge in [-0.2, -0.15) is 15.0 Å². The van der Waals surface area contributed by atoms with E-state index in [1.54, 1.807) is 0 Å². The molecule has 4 N–H and O–H groups in total. The fourth-order valence-corrected chi connectivity index (χ4v) is 8.05. The number of nitrogens with one attached hydrogen (secondary N) is 2. The van der Waals surface area contributed by atoms with E-state index in [2.05, 4.69) is 122 Å². The van der Waals surface area contributed by atoms with Gasteiger partial charge in [0.1, 0.15) is 4.87 Å². The Morgan fingerprint density at radius 1 is 0.640 bits per heavy atom. The number of fused-ring (bicyclic) bond motifs is 4. The van der Waals surface area contributed by atoms with E-state index in [-0.39, 0.29) is 5.54 Å². The fourth-order valence-electron chi connectivity index (χ4n) is 7.96. The second kappa shape index (κ2) is 12.4. The molecule has 0 fully saturated rings. The monoisotopic (exact) mass is 676 g/mol. The highest BCUT2D eigenvalue weighted by Crippen LogP contribution is 2.57. The zero-order valence-electron chi connectivity index (χ0n) is 28.7. The van der Waals surface area contributed by atoms with E-state index in [1.165, 1.54) is 44.5 Å². The number of halogens is 1. The Hall–Kier alpha value is -5.04. The van der Waals surface area contributed by atoms with Crippen molar-refractivity contribution in [3.8, 4) is 11.1 Å². The molecule has 0 amide bonds. The van der Waals surface area contributed by atoms with Crippen molar-refractivity contribution in [2.24, 2.45) is 5.73 Å². The van der Waals surface area contributed by atoms with Crippen LogP contribution in [0.2, 0.25) is 0 Å². The summed E-state index contributed by atoms with van der Waals surface area (Å²) in [5, 5.41) is 6.80. The van der Waals surface area contributed by atoms with Gasteiger partial charge in [0.05, 0.1) is 5.41 Å². The summed E-state index contributed by atoms with van der Waals surface area (Å²) in [6, 6.07) is 43.2. The highest BCUT2D eigenvalue weighted by molar-refractivity contribution is 6.23. The molecule has 1 aromatic heterocycles. The van der Waals surface area contributed by atoms with Crippen LogP contribution in [0, 0.1) is 0 Å². The molecule has 8 rings (SSSR count). The van der Waals surface area contributed by atoms with Crippen LogP contribution in [0.5, 0.6) is 0 Å². The molecule has 0 saturated carbocycles. The molecule has 0 aliphatic heterocycles. The maximum Gasteiger partial charge on any atom is 0.232 e. The van der Waals surface area contributed by atoms with Gasteiger partial charge in [0.2, 0.25) is 11.9 Å². The first kappa shape index (κ1) is 32.2. The third-order valence-electron chi connectivity index (χ3n) is 10.9. The number of para-hydroxylation sites is 1. The van der Waals surface area contributed by atoms with Crippen LogP contribution in [0.25, 0.3) is 11.1 Å². The number of hydrogen-bond acceptors (Lipinski definition) is 6. The third-order valence-corrected chi connectivity index (χ3v) is 11.6. The van der Waals surface area contributed by atoms with E-state index in [0.717, 1.165) is 24.2 Å². The Labute approximate surface area is 299 Å². The van der Waals surface area contributed by atoms with E-state index in [9.17, 15) is 0 Å². The maximum absolute atomic E-state index is 7.07. The molecule has 250 valence electrons. The molecule has 6 aromatic rings. The number of nitrogens with two attached hydrogens (primary N) is 1. The maximum atomic E-state index is 7.07. The first-order valence-corrected chi connectivity index (χ1v) is 18.0. The Kier molecular flexibility index (Phi) is 7.97. The van der Waals surface area contributed by atoms with Gasteiger partial charge in [-0.3, -0.25) is 0 Å². The van der Waals surface area contributed by atoms with Gasteiger partial charge in [-0.05, 0) is 94.5 Å². The van der Waals surface area contributed by atoms with Gasteiger partial charge in [0, 0.05) is 16.9 Å². The molecule has 2 aliphatic carbocycles. The first-order chi connectivity index (χ1) is 24.3. The summed E-state index contributed by atoms with van der Waals surface area (Å²) in [7, 11) is 0. The normalized spacial score (nSPS) is 16.9. The van der Waals surface area contributed by atoms with Crippen LogP contribution < -0.4 is 16.4 Å². The summed E-state index contributed by atoms with van der Waals surface area (Å²) < 4.78 is 0. The summed E-state index contributed by atoms with van der Waals surface area (Å²) in [5.74, 6) is 1.42. The highest BCUT2D eigenvalue weighted by atomic mass is 35.5. The van der Waals surface area contributed by atoms with Crippen LogP contribution in [0.1, 0.15) is 79.2 Å². The van der Waals surface area contributed by atoms with Crippen molar-refractivity contribution < 1.29 is 0 Å². The number of benzene rings is 5. The van der Waals surface area contributed by atoms with Gasteiger partial charge in [-0.25, -0.2) is 0 Å². The van der Waals surface area contributed by atoms with Gasteiger partial charge < -0.3 is 16.4 Å². The Morgan fingerprint density at radius 3 is 1.74 bits per heavy atom. The minimum absolute atomic E-state index is 0.234. The highest BCUT2D eigenvalue weighted by Gasteiger charge is 2.47. The molecule has 7 heteroatoms. The predicted molar refractivity (Wildman–Crippen MR) is 205 cm³/mol. The number of alkyl halides is 1. The summed E-state index contributed by atoms with van der Waals surface area (Å²) in [4.78, 5) is 13.6. The van der Waals surface area contributed by atoms with Gasteiger partial charge in [-0.1, -0.05) is 118 Å². The lowest BCUT2D eigenvalue weighted by atomic mass is 9.64. The lowest BCUT2D eigenvalue weighted by Crippen LogP contribution is -2.47. The summed E-state index contributed by atoms with van der Waals surface area (Å²) >= 11 is 7.07. The molecule has 1 heterocycles. The lowest BCUT2D eigenvalue weighted by Gasteiger charge is -2.42. The van der Waals surface area contributed by atoms with Crippen molar-refractivity contribution in [2.75, 3.05) is 10.6 Å². The van der Waals surface area contributed by atoms with Crippen LogP contribution in [-0.4, -0.2) is 15.0 Å². The molecule has 0 radical (unpaired) electrons. The summed E-state index contributed by atoms with van der Waals surface area (Å²) in [6.45, 7) is 6.29. The number of hydrogen-bond donors (Lipinski definition) is 3. The smallest absolute Gasteiger partial charge is 0.232 e. The SMILES string of the molecule is CCC1(N)Cc2cc(C3(c4ccc(Nc5nc(Nc6ccccc6)nc(C(Cl)(CC)CC)n5)cc4)c4ccccc4-c4ccccc43)ccc21. The molecule has 0 saturated heterocycles. The third kappa shape index (κ3) is 5.09. The zero-order valence-corrected chi connectivity index (χ0v) is 29.4. The number of rotatable bonds is 10. The summed E-state index contributed by atoms with van der Waals surface area (Å²) in [6.07, 6.45) is 3.20. The minimum atomic E-state index is -0.705. The van der Waals surface area contributed by atoms with Crippen molar-refractivity contribution >= 4 is 34.9 Å². The second-order valence-corrected chi connectivity index (χ2v) is 14.3.